The molecule has 31 heavy (non-hydrogen) atoms. The Hall–Kier alpha value is -4.08. The monoisotopic (exact) mass is 424 g/mol. The fourth-order valence-corrected chi connectivity index (χ4v) is 4.30. The number of benzene rings is 1. The van der Waals surface area contributed by atoms with Crippen molar-refractivity contribution < 1.29 is 23.9 Å². The number of carbonyl (C=O) groups excluding carboxylic acids is 3. The molecule has 4 N–H and O–H groups in total. The Bertz CT molecular complexity index is 1260. The molecular weight excluding hydrogens is 404 g/mol. The lowest BCUT2D eigenvalue weighted by atomic mass is 9.68. The number of amides is 2. The standard InChI is InChI=1S/C21H20N4O6/c1-10-8-13-15(18(27)24(10)2)21(16(17(23)31-13)19(28)30-3)11-6-4-5-7-12(11)25(20(21)29)9-14(22)26/h4-8H,9,23H2,1-3H3,(H2,22,26)/t21-/m0/s1. The summed E-state index contributed by atoms with van der Waals surface area (Å²) in [5.41, 5.74) is 9.76. The van der Waals surface area contributed by atoms with Gasteiger partial charge in [0.05, 0.1) is 12.7 Å². The molecule has 2 aliphatic heterocycles. The molecule has 0 saturated carbocycles. The van der Waals surface area contributed by atoms with Gasteiger partial charge in [-0.15, -0.1) is 0 Å². The molecule has 0 saturated heterocycles. The van der Waals surface area contributed by atoms with Crippen LogP contribution in [-0.4, -0.2) is 36.0 Å². The van der Waals surface area contributed by atoms with Crippen molar-refractivity contribution in [2.45, 2.75) is 12.3 Å². The number of pyridine rings is 1. The molecule has 1 atom stereocenters. The minimum absolute atomic E-state index is 0.0508. The average Bonchev–Trinajstić information content (AvgIpc) is 2.95. The summed E-state index contributed by atoms with van der Waals surface area (Å²) in [4.78, 5) is 53.2. The quantitative estimate of drug-likeness (QED) is 0.634. The van der Waals surface area contributed by atoms with Gasteiger partial charge in [-0.25, -0.2) is 4.79 Å². The maximum absolute atomic E-state index is 14.0. The number of aromatic nitrogens is 1. The highest BCUT2D eigenvalue weighted by atomic mass is 16.5. The van der Waals surface area contributed by atoms with Gasteiger partial charge in [0.15, 0.2) is 0 Å². The van der Waals surface area contributed by atoms with Gasteiger partial charge in [0.2, 0.25) is 17.7 Å². The minimum atomic E-state index is -1.96. The van der Waals surface area contributed by atoms with Gasteiger partial charge in [0, 0.05) is 30.1 Å². The molecule has 0 radical (unpaired) electrons. The van der Waals surface area contributed by atoms with Crippen molar-refractivity contribution in [3.05, 3.63) is 69.0 Å². The third-order valence-corrected chi connectivity index (χ3v) is 5.72. The predicted molar refractivity (Wildman–Crippen MR) is 109 cm³/mol. The van der Waals surface area contributed by atoms with E-state index in [1.54, 1.807) is 37.3 Å². The molecule has 1 aromatic heterocycles. The van der Waals surface area contributed by atoms with Crippen LogP contribution in [0.1, 0.15) is 16.8 Å². The van der Waals surface area contributed by atoms with E-state index in [0.717, 1.165) is 12.0 Å². The lowest BCUT2D eigenvalue weighted by Crippen LogP contribution is -2.52. The average molecular weight is 424 g/mol. The first-order valence-corrected chi connectivity index (χ1v) is 9.33. The summed E-state index contributed by atoms with van der Waals surface area (Å²) in [5.74, 6) is -2.73. The first kappa shape index (κ1) is 20.2. The van der Waals surface area contributed by atoms with Crippen LogP contribution in [-0.2, 0) is 31.6 Å². The Balaban J connectivity index is 2.21. The summed E-state index contributed by atoms with van der Waals surface area (Å²) in [6, 6.07) is 8.08. The van der Waals surface area contributed by atoms with Crippen molar-refractivity contribution in [3.8, 4) is 5.75 Å². The van der Waals surface area contributed by atoms with Crippen molar-refractivity contribution >= 4 is 23.5 Å². The number of rotatable bonds is 3. The van der Waals surface area contributed by atoms with Crippen molar-refractivity contribution in [1.29, 1.82) is 0 Å². The number of esters is 1. The normalized spacial score (nSPS) is 19.2. The van der Waals surface area contributed by atoms with Crippen LogP contribution in [0.4, 0.5) is 5.69 Å². The number of nitrogens with two attached hydrogens (primary N) is 2. The highest BCUT2D eigenvalue weighted by Gasteiger charge is 2.62. The van der Waals surface area contributed by atoms with Gasteiger partial charge >= 0.3 is 5.97 Å². The number of fused-ring (bicyclic) bond motifs is 4. The number of nitrogens with zero attached hydrogens (tertiary/aromatic N) is 2. The molecular formula is C21H20N4O6. The molecule has 0 unspecified atom stereocenters. The SMILES string of the molecule is COC(=O)C1=C(N)Oc2cc(C)n(C)c(=O)c2[C@]12C(=O)N(CC(N)=O)c1ccccc12. The number of ether oxygens (including phenoxy) is 2. The van der Waals surface area contributed by atoms with E-state index in [1.807, 2.05) is 0 Å². The van der Waals surface area contributed by atoms with Crippen LogP contribution in [0.25, 0.3) is 0 Å². The third kappa shape index (κ3) is 2.51. The molecule has 4 rings (SSSR count). The Labute approximate surface area is 176 Å². The van der Waals surface area contributed by atoms with Crippen LogP contribution in [0.15, 0.2) is 46.6 Å². The molecule has 0 bridgehead atoms. The van der Waals surface area contributed by atoms with Gasteiger partial charge < -0.3 is 30.4 Å². The van der Waals surface area contributed by atoms with Crippen LogP contribution in [0, 0.1) is 6.92 Å². The highest BCUT2D eigenvalue weighted by molar-refractivity contribution is 6.19. The first-order valence-electron chi connectivity index (χ1n) is 9.33. The summed E-state index contributed by atoms with van der Waals surface area (Å²) in [5, 5.41) is 0. The molecule has 2 aliphatic rings. The molecule has 0 aliphatic carbocycles. The van der Waals surface area contributed by atoms with Gasteiger partial charge in [0.25, 0.3) is 5.56 Å². The molecule has 160 valence electrons. The number of aryl methyl sites for hydroxylation is 1. The Kier molecular flexibility index (Phi) is 4.38. The van der Waals surface area contributed by atoms with E-state index < -0.39 is 35.3 Å². The third-order valence-electron chi connectivity index (χ3n) is 5.72. The summed E-state index contributed by atoms with van der Waals surface area (Å²) < 4.78 is 11.9. The highest BCUT2D eigenvalue weighted by Crippen LogP contribution is 2.54. The topological polar surface area (TPSA) is 147 Å². The number of anilines is 1. The van der Waals surface area contributed by atoms with Gasteiger partial charge in [-0.1, -0.05) is 18.2 Å². The second kappa shape index (κ2) is 6.73. The van der Waals surface area contributed by atoms with Gasteiger partial charge in [-0.3, -0.25) is 14.4 Å². The molecule has 0 fully saturated rings. The first-order chi connectivity index (χ1) is 14.7. The zero-order valence-corrected chi connectivity index (χ0v) is 17.1. The second-order valence-corrected chi connectivity index (χ2v) is 7.35. The van der Waals surface area contributed by atoms with Crippen LogP contribution in [0.3, 0.4) is 0 Å². The van der Waals surface area contributed by atoms with Crippen LogP contribution < -0.4 is 26.7 Å². The van der Waals surface area contributed by atoms with Crippen LogP contribution in [0.2, 0.25) is 0 Å². The minimum Gasteiger partial charge on any atom is -0.465 e. The van der Waals surface area contributed by atoms with E-state index in [4.69, 9.17) is 20.9 Å². The second-order valence-electron chi connectivity index (χ2n) is 7.35. The number of para-hydroxylation sites is 1. The van der Waals surface area contributed by atoms with Gasteiger partial charge in [-0.2, -0.15) is 0 Å². The summed E-state index contributed by atoms with van der Waals surface area (Å²) in [6.45, 7) is 1.24. The summed E-state index contributed by atoms with van der Waals surface area (Å²) in [7, 11) is 2.67. The number of hydrogen-bond donors (Lipinski definition) is 2. The fourth-order valence-electron chi connectivity index (χ4n) is 4.30. The van der Waals surface area contributed by atoms with Gasteiger partial charge in [-0.05, 0) is 13.0 Å². The van der Waals surface area contributed by atoms with Crippen LogP contribution >= 0.6 is 0 Å². The maximum Gasteiger partial charge on any atom is 0.340 e. The van der Waals surface area contributed by atoms with E-state index in [1.165, 1.54) is 11.6 Å². The van der Waals surface area contributed by atoms with E-state index in [-0.39, 0.29) is 22.8 Å². The zero-order chi connectivity index (χ0) is 22.7. The number of methoxy groups -OCH3 is 1. The van der Waals surface area contributed by atoms with Gasteiger partial charge in [0.1, 0.15) is 23.3 Å². The Morgan fingerprint density at radius 3 is 2.55 bits per heavy atom. The largest absolute Gasteiger partial charge is 0.465 e. The van der Waals surface area contributed by atoms with Crippen molar-refractivity contribution in [2.24, 2.45) is 18.5 Å². The van der Waals surface area contributed by atoms with Crippen LogP contribution in [0.5, 0.6) is 5.75 Å². The van der Waals surface area contributed by atoms with Crippen molar-refractivity contribution in [3.63, 3.8) is 0 Å². The molecule has 10 heteroatoms. The number of carbonyl (C=O) groups is 3. The van der Waals surface area contributed by atoms with Crippen molar-refractivity contribution in [1.82, 2.24) is 4.57 Å². The fraction of sp³-hybridized carbons (Fsp3) is 0.238. The van der Waals surface area contributed by atoms with E-state index >= 15 is 0 Å². The molecule has 1 spiro atoms. The maximum atomic E-state index is 14.0. The van der Waals surface area contributed by atoms with E-state index in [0.29, 0.717) is 16.9 Å². The van der Waals surface area contributed by atoms with E-state index in [9.17, 15) is 19.2 Å². The Morgan fingerprint density at radius 2 is 1.90 bits per heavy atom. The zero-order valence-electron chi connectivity index (χ0n) is 17.1. The molecule has 3 heterocycles. The summed E-state index contributed by atoms with van der Waals surface area (Å²) >= 11 is 0. The molecule has 2 aromatic rings. The number of hydrogen-bond acceptors (Lipinski definition) is 7. The Morgan fingerprint density at radius 1 is 1.23 bits per heavy atom. The predicted octanol–water partition coefficient (Wildman–Crippen LogP) is -0.453. The lowest BCUT2D eigenvalue weighted by Gasteiger charge is -2.35. The number of primary amides is 1. The van der Waals surface area contributed by atoms with E-state index in [2.05, 4.69) is 0 Å². The van der Waals surface area contributed by atoms with Crippen molar-refractivity contribution in [2.75, 3.05) is 18.6 Å². The lowest BCUT2D eigenvalue weighted by molar-refractivity contribution is -0.138. The summed E-state index contributed by atoms with van der Waals surface area (Å²) in [6.07, 6.45) is 0. The molecule has 2 amide bonds. The molecule has 10 nitrogen and oxygen atoms in total. The molecule has 1 aromatic carbocycles. The smallest absolute Gasteiger partial charge is 0.340 e.